The van der Waals surface area contributed by atoms with E-state index in [2.05, 4.69) is 46.0 Å². The van der Waals surface area contributed by atoms with E-state index in [1.54, 1.807) is 0 Å². The Bertz CT molecular complexity index is 1440. The number of rotatable bonds is 9. The third kappa shape index (κ3) is 6.42. The maximum absolute atomic E-state index is 12.4. The molecule has 1 N–H and O–H groups in total. The Morgan fingerprint density at radius 2 is 1.49 bits per heavy atom. The second-order valence-electron chi connectivity index (χ2n) is 9.84. The quantitative estimate of drug-likeness (QED) is 0.313. The van der Waals surface area contributed by atoms with E-state index in [0.29, 0.717) is 6.42 Å². The van der Waals surface area contributed by atoms with E-state index in [9.17, 15) is 8.42 Å². The third-order valence-corrected chi connectivity index (χ3v) is 8.39. The number of aromatic nitrogens is 2. The number of piperidine rings is 1. The van der Waals surface area contributed by atoms with Crippen molar-refractivity contribution < 1.29 is 8.42 Å². The number of likely N-dealkylation sites (tertiary alicyclic amines) is 1. The highest BCUT2D eigenvalue weighted by atomic mass is 32.2. The molecule has 0 spiro atoms. The average molecular weight is 515 g/mol. The zero-order valence-electron chi connectivity index (χ0n) is 21.3. The van der Waals surface area contributed by atoms with Crippen LogP contribution in [0, 0.1) is 0 Å². The van der Waals surface area contributed by atoms with Gasteiger partial charge in [0.1, 0.15) is 0 Å². The number of nitrogens with zero attached hydrogens (tertiary/aromatic N) is 3. The molecule has 3 aromatic carbocycles. The monoisotopic (exact) mass is 514 g/mol. The zero-order chi connectivity index (χ0) is 25.7. The van der Waals surface area contributed by atoms with Crippen molar-refractivity contribution in [1.82, 2.24) is 19.6 Å². The average Bonchev–Trinajstić information content (AvgIpc) is 2.92. The smallest absolute Gasteiger partial charge is 0.211 e. The molecule has 7 heteroatoms. The van der Waals surface area contributed by atoms with Gasteiger partial charge in [-0.25, -0.2) is 23.1 Å². The molecule has 1 saturated heterocycles. The van der Waals surface area contributed by atoms with Crippen molar-refractivity contribution in [3.63, 3.8) is 0 Å². The molecule has 0 amide bonds. The van der Waals surface area contributed by atoms with Gasteiger partial charge in [-0.05, 0) is 43.5 Å². The molecule has 1 aromatic heterocycles. The maximum atomic E-state index is 12.4. The van der Waals surface area contributed by atoms with E-state index >= 15 is 0 Å². The number of benzene rings is 3. The first-order valence-corrected chi connectivity index (χ1v) is 14.8. The standard InChI is InChI=1S/C30H34N4O2S/c1-2-3-20-37(35,36)33-26-12-9-19-34(22-26)21-23-15-17-25(18-16-23)30-29(24-10-5-4-6-11-24)31-27-13-7-8-14-28(27)32-30/h4-8,10-11,13-18,26,33H,2-3,9,12,19-22H2,1H3. The van der Waals surface area contributed by atoms with Crippen molar-refractivity contribution in [2.45, 2.75) is 45.2 Å². The molecule has 4 aromatic rings. The highest BCUT2D eigenvalue weighted by molar-refractivity contribution is 7.89. The molecular formula is C30H34N4O2S. The van der Waals surface area contributed by atoms with Crippen LogP contribution in [0.5, 0.6) is 0 Å². The van der Waals surface area contributed by atoms with Gasteiger partial charge in [0, 0.05) is 30.3 Å². The topological polar surface area (TPSA) is 75.2 Å². The summed E-state index contributed by atoms with van der Waals surface area (Å²) in [6.07, 6.45) is 3.47. The lowest BCUT2D eigenvalue weighted by Crippen LogP contribution is -2.47. The van der Waals surface area contributed by atoms with E-state index in [0.717, 1.165) is 72.4 Å². The van der Waals surface area contributed by atoms with Crippen LogP contribution >= 0.6 is 0 Å². The van der Waals surface area contributed by atoms with Crippen molar-refractivity contribution >= 4 is 21.1 Å². The first kappa shape index (κ1) is 25.5. The Hall–Kier alpha value is -3.13. The van der Waals surface area contributed by atoms with Crippen LogP contribution in [0.15, 0.2) is 78.9 Å². The van der Waals surface area contributed by atoms with E-state index < -0.39 is 10.0 Å². The van der Waals surface area contributed by atoms with Crippen LogP contribution in [0.2, 0.25) is 0 Å². The minimum atomic E-state index is -3.21. The SMILES string of the molecule is CCCCS(=O)(=O)NC1CCCN(Cc2ccc(-c3nc4ccccc4nc3-c3ccccc3)cc2)C1. The summed E-state index contributed by atoms with van der Waals surface area (Å²) in [7, 11) is -3.21. The van der Waals surface area contributed by atoms with Gasteiger partial charge >= 0.3 is 0 Å². The van der Waals surface area contributed by atoms with Crippen molar-refractivity contribution in [3.8, 4) is 22.5 Å². The zero-order valence-corrected chi connectivity index (χ0v) is 22.1. The van der Waals surface area contributed by atoms with Gasteiger partial charge in [0.05, 0.1) is 28.2 Å². The predicted octanol–water partition coefficient (Wildman–Crippen LogP) is 5.65. The van der Waals surface area contributed by atoms with Crippen molar-refractivity contribution in [3.05, 3.63) is 84.4 Å². The van der Waals surface area contributed by atoms with E-state index in [4.69, 9.17) is 9.97 Å². The molecule has 0 saturated carbocycles. The van der Waals surface area contributed by atoms with Crippen LogP contribution < -0.4 is 4.72 Å². The number of unbranched alkanes of at least 4 members (excludes halogenated alkanes) is 1. The fraction of sp³-hybridized carbons (Fsp3) is 0.333. The van der Waals surface area contributed by atoms with Crippen molar-refractivity contribution in [2.75, 3.05) is 18.8 Å². The largest absolute Gasteiger partial charge is 0.298 e. The first-order valence-electron chi connectivity index (χ1n) is 13.1. The van der Waals surface area contributed by atoms with Crippen LogP contribution in [0.1, 0.15) is 38.2 Å². The second-order valence-corrected chi connectivity index (χ2v) is 11.7. The van der Waals surface area contributed by atoms with Gasteiger partial charge in [-0.2, -0.15) is 0 Å². The number of nitrogens with one attached hydrogen (secondary N) is 1. The number of para-hydroxylation sites is 2. The number of fused-ring (bicyclic) bond motifs is 1. The molecule has 6 nitrogen and oxygen atoms in total. The summed E-state index contributed by atoms with van der Waals surface area (Å²) in [6, 6.07) is 26.7. The number of hydrogen-bond acceptors (Lipinski definition) is 5. The summed E-state index contributed by atoms with van der Waals surface area (Å²) in [6.45, 7) is 4.52. The molecule has 1 aliphatic heterocycles. The van der Waals surface area contributed by atoms with Gasteiger partial charge < -0.3 is 0 Å². The molecule has 0 aliphatic carbocycles. The number of sulfonamides is 1. The maximum Gasteiger partial charge on any atom is 0.211 e. The summed E-state index contributed by atoms with van der Waals surface area (Å²) in [5, 5.41) is 0. The van der Waals surface area contributed by atoms with Crippen molar-refractivity contribution in [2.24, 2.45) is 0 Å². The molecule has 37 heavy (non-hydrogen) atoms. The molecule has 5 rings (SSSR count). The Morgan fingerprint density at radius 3 is 2.14 bits per heavy atom. The fourth-order valence-electron chi connectivity index (χ4n) is 4.97. The van der Waals surface area contributed by atoms with Gasteiger partial charge in [-0.15, -0.1) is 0 Å². The Balaban J connectivity index is 1.33. The van der Waals surface area contributed by atoms with Crippen LogP contribution in [0.25, 0.3) is 33.5 Å². The van der Waals surface area contributed by atoms with E-state index in [1.807, 2.05) is 49.4 Å². The molecular weight excluding hydrogens is 480 g/mol. The highest BCUT2D eigenvalue weighted by Crippen LogP contribution is 2.31. The summed E-state index contributed by atoms with van der Waals surface area (Å²) in [4.78, 5) is 12.3. The van der Waals surface area contributed by atoms with Gasteiger partial charge in [0.2, 0.25) is 10.0 Å². The Kier molecular flexibility index (Phi) is 7.93. The summed E-state index contributed by atoms with van der Waals surface area (Å²) in [5.74, 6) is 0.212. The summed E-state index contributed by atoms with van der Waals surface area (Å²) in [5.41, 5.74) is 6.78. The minimum absolute atomic E-state index is 0.0174. The van der Waals surface area contributed by atoms with Gasteiger partial charge in [-0.3, -0.25) is 4.90 Å². The summed E-state index contributed by atoms with van der Waals surface area (Å²) >= 11 is 0. The molecule has 1 aliphatic rings. The van der Waals surface area contributed by atoms with Gasteiger partial charge in [0.15, 0.2) is 0 Å². The molecule has 1 fully saturated rings. The van der Waals surface area contributed by atoms with Crippen molar-refractivity contribution in [1.29, 1.82) is 0 Å². The van der Waals surface area contributed by atoms with Gasteiger partial charge in [0.25, 0.3) is 0 Å². The highest BCUT2D eigenvalue weighted by Gasteiger charge is 2.24. The Labute approximate surface area is 219 Å². The first-order chi connectivity index (χ1) is 18.0. The third-order valence-electron chi connectivity index (χ3n) is 6.87. The number of hydrogen-bond donors (Lipinski definition) is 1. The lowest BCUT2D eigenvalue weighted by molar-refractivity contribution is 0.194. The molecule has 0 bridgehead atoms. The lowest BCUT2D eigenvalue weighted by atomic mass is 10.0. The molecule has 1 unspecified atom stereocenters. The molecule has 192 valence electrons. The molecule has 1 atom stereocenters. The summed E-state index contributed by atoms with van der Waals surface area (Å²) < 4.78 is 27.7. The molecule has 2 heterocycles. The van der Waals surface area contributed by atoms with Crippen LogP contribution in [-0.2, 0) is 16.6 Å². The van der Waals surface area contributed by atoms with Gasteiger partial charge in [-0.1, -0.05) is 80.1 Å². The predicted molar refractivity (Wildman–Crippen MR) is 151 cm³/mol. The van der Waals surface area contributed by atoms with Crippen LogP contribution in [0.3, 0.4) is 0 Å². The minimum Gasteiger partial charge on any atom is -0.298 e. The van der Waals surface area contributed by atoms with Crippen LogP contribution in [-0.4, -0.2) is 48.2 Å². The normalized spacial score (nSPS) is 16.7. The lowest BCUT2D eigenvalue weighted by Gasteiger charge is -2.33. The van der Waals surface area contributed by atoms with Crippen LogP contribution in [0.4, 0.5) is 0 Å². The molecule has 0 radical (unpaired) electrons. The second kappa shape index (κ2) is 11.5. The van der Waals surface area contributed by atoms with E-state index in [1.165, 1.54) is 5.56 Å². The van der Waals surface area contributed by atoms with E-state index in [-0.39, 0.29) is 11.8 Å². The Morgan fingerprint density at radius 1 is 0.865 bits per heavy atom. The fourth-order valence-corrected chi connectivity index (χ4v) is 6.45.